The second-order valence-electron chi connectivity index (χ2n) is 11.7. The number of carbonyl (C=O) groups excluding carboxylic acids is 2. The number of amides is 2. The topological polar surface area (TPSA) is 160 Å². The van der Waals surface area contributed by atoms with Gasteiger partial charge in [0.05, 0.1) is 28.3 Å². The maximum atomic E-state index is 13.3. The minimum atomic E-state index is -3.47. The Kier molecular flexibility index (Phi) is 10.8. The molecule has 4 aromatic rings. The third kappa shape index (κ3) is 7.76. The van der Waals surface area contributed by atoms with Gasteiger partial charge in [0, 0.05) is 65.8 Å². The smallest absolute Gasteiger partial charge is 0.254 e. The van der Waals surface area contributed by atoms with Gasteiger partial charge in [-0.15, -0.1) is 23.2 Å². The number of benzene rings is 3. The van der Waals surface area contributed by atoms with Crippen molar-refractivity contribution in [3.8, 4) is 11.1 Å². The number of anilines is 1. The first-order chi connectivity index (χ1) is 22.3. The Bertz CT molecular complexity index is 1960. The Morgan fingerprint density at radius 1 is 1.06 bits per heavy atom. The van der Waals surface area contributed by atoms with Crippen molar-refractivity contribution in [3.05, 3.63) is 65.2 Å². The van der Waals surface area contributed by atoms with Crippen LogP contribution in [0.3, 0.4) is 0 Å². The maximum absolute atomic E-state index is 13.3. The zero-order valence-corrected chi connectivity index (χ0v) is 29.1. The van der Waals surface area contributed by atoms with E-state index in [-0.39, 0.29) is 42.4 Å². The number of primary amides is 1. The van der Waals surface area contributed by atoms with Gasteiger partial charge in [0.2, 0.25) is 0 Å². The molecular formula is C32H36Cl2N5O6S2-. The number of hydrogen-bond donors (Lipinski definition) is 2. The van der Waals surface area contributed by atoms with Crippen LogP contribution < -0.4 is 10.0 Å². The Morgan fingerprint density at radius 2 is 1.79 bits per heavy atom. The minimum absolute atomic E-state index is 0.0575. The molecule has 2 amide bonds. The van der Waals surface area contributed by atoms with E-state index in [4.69, 9.17) is 28.9 Å². The molecule has 1 aromatic heterocycles. The average molecular weight is 722 g/mol. The molecule has 1 unspecified atom stereocenters. The van der Waals surface area contributed by atoms with Gasteiger partial charge in [0.25, 0.3) is 11.8 Å². The van der Waals surface area contributed by atoms with E-state index >= 15 is 0 Å². The molecule has 0 radical (unpaired) electrons. The standard InChI is InChI=1S/C32H37Cl2N5O6S2/c1-20-22(5-3-6-27(20)39(46(42)43)12-4-17-47(44,45)18-11-28(33)34)23-9-10-25(31(35)40)30-29(23)24-8-7-21(19-26(24)36-30)32(41)38-15-13-37(2)14-16-38/h3,5-10,19,28,36H,4,11-18H2,1-2H3,(H2,35,40)(H,42,43)/p-1. The summed E-state index contributed by atoms with van der Waals surface area (Å²) in [7, 11) is -1.45. The third-order valence-corrected chi connectivity index (χ3v) is 11.5. The van der Waals surface area contributed by atoms with E-state index < -0.39 is 31.8 Å². The summed E-state index contributed by atoms with van der Waals surface area (Å²) in [5, 5.41) is 1.47. The van der Waals surface area contributed by atoms with E-state index in [1.165, 1.54) is 0 Å². The number of carbonyl (C=O) groups is 2. The number of aromatic amines is 1. The molecule has 0 aliphatic carbocycles. The Hall–Kier alpha value is -3.20. The Labute approximate surface area is 286 Å². The second kappa shape index (κ2) is 14.5. The maximum Gasteiger partial charge on any atom is 0.254 e. The zero-order valence-electron chi connectivity index (χ0n) is 26.0. The van der Waals surface area contributed by atoms with Crippen LogP contribution in [-0.2, 0) is 21.1 Å². The molecule has 11 nitrogen and oxygen atoms in total. The van der Waals surface area contributed by atoms with E-state index in [9.17, 15) is 26.8 Å². The molecule has 47 heavy (non-hydrogen) atoms. The highest BCUT2D eigenvalue weighted by Gasteiger charge is 2.24. The lowest BCUT2D eigenvalue weighted by molar-refractivity contribution is 0.0664. The first kappa shape index (κ1) is 35.1. The fourth-order valence-electron chi connectivity index (χ4n) is 6.03. The summed E-state index contributed by atoms with van der Waals surface area (Å²) in [5.74, 6) is -1.10. The number of nitrogens with two attached hydrogens (primary N) is 1. The van der Waals surface area contributed by atoms with Crippen molar-refractivity contribution >= 4 is 83.6 Å². The number of nitrogens with zero attached hydrogens (tertiary/aromatic N) is 3. The van der Waals surface area contributed by atoms with Crippen molar-refractivity contribution in [2.24, 2.45) is 5.73 Å². The first-order valence-corrected chi connectivity index (χ1v) is 18.8. The molecule has 1 aliphatic rings. The van der Waals surface area contributed by atoms with Gasteiger partial charge in [0.1, 0.15) is 14.7 Å². The molecule has 1 saturated heterocycles. The number of H-pyrrole nitrogens is 1. The number of aromatic nitrogens is 1. The van der Waals surface area contributed by atoms with Gasteiger partial charge in [-0.1, -0.05) is 24.3 Å². The highest BCUT2D eigenvalue weighted by atomic mass is 35.5. The minimum Gasteiger partial charge on any atom is -0.755 e. The van der Waals surface area contributed by atoms with Crippen molar-refractivity contribution < 1.29 is 26.8 Å². The first-order valence-electron chi connectivity index (χ1n) is 15.1. The molecule has 1 aliphatic heterocycles. The number of hydrogen-bond acceptors (Lipinski definition) is 7. The van der Waals surface area contributed by atoms with Gasteiger partial charge in [-0.05, 0) is 67.8 Å². The van der Waals surface area contributed by atoms with Gasteiger partial charge < -0.3 is 29.4 Å². The lowest BCUT2D eigenvalue weighted by atomic mass is 9.93. The SMILES string of the molecule is Cc1c(-c2ccc(C(N)=O)c3[nH]c4cc(C(=O)N5CCN(C)CC5)ccc4c23)cccc1N(CCCS(=O)(=O)CCC(Cl)Cl)S(=O)[O-]. The van der Waals surface area contributed by atoms with Crippen LogP contribution in [0.5, 0.6) is 0 Å². The van der Waals surface area contributed by atoms with Crippen molar-refractivity contribution in [2.45, 2.75) is 24.6 Å². The average Bonchev–Trinajstić information content (AvgIpc) is 3.41. The van der Waals surface area contributed by atoms with E-state index in [0.717, 1.165) is 28.3 Å². The number of alkyl halides is 2. The molecule has 1 atom stereocenters. The van der Waals surface area contributed by atoms with Gasteiger partial charge in [-0.2, -0.15) is 0 Å². The summed E-state index contributed by atoms with van der Waals surface area (Å²) >= 11 is 8.67. The van der Waals surface area contributed by atoms with Crippen LogP contribution in [0.25, 0.3) is 32.9 Å². The molecular weight excluding hydrogens is 685 g/mol. The molecule has 3 N–H and O–H groups in total. The number of rotatable bonds is 12. The van der Waals surface area contributed by atoms with Crippen LogP contribution in [0, 0.1) is 6.92 Å². The monoisotopic (exact) mass is 720 g/mol. The largest absolute Gasteiger partial charge is 0.755 e. The van der Waals surface area contributed by atoms with Gasteiger partial charge >= 0.3 is 0 Å². The molecule has 2 heterocycles. The lowest BCUT2D eigenvalue weighted by Gasteiger charge is -2.32. The van der Waals surface area contributed by atoms with Crippen LogP contribution in [0.1, 0.15) is 39.1 Å². The number of sulfone groups is 1. The van der Waals surface area contributed by atoms with Gasteiger partial charge in [-0.25, -0.2) is 8.42 Å². The zero-order chi connectivity index (χ0) is 34.0. The quantitative estimate of drug-likeness (QED) is 0.162. The summed E-state index contributed by atoms with van der Waals surface area (Å²) in [4.78, 5) is 32.3. The normalized spacial score (nSPS) is 15.1. The van der Waals surface area contributed by atoms with Crippen LogP contribution in [0.15, 0.2) is 48.5 Å². The van der Waals surface area contributed by atoms with Crippen LogP contribution in [0.4, 0.5) is 5.69 Å². The van der Waals surface area contributed by atoms with E-state index in [2.05, 4.69) is 9.88 Å². The molecule has 1 fully saturated rings. The number of halogens is 2. The Balaban J connectivity index is 1.53. The van der Waals surface area contributed by atoms with E-state index in [1.54, 1.807) is 43.3 Å². The summed E-state index contributed by atoms with van der Waals surface area (Å²) in [5.41, 5.74) is 10.2. The van der Waals surface area contributed by atoms with E-state index in [0.29, 0.717) is 51.9 Å². The number of likely N-dealkylation sites (N-methyl/N-ethyl adjacent to an activating group) is 1. The number of fused-ring (bicyclic) bond motifs is 3. The molecule has 0 bridgehead atoms. The van der Waals surface area contributed by atoms with Crippen molar-refractivity contribution in [3.63, 3.8) is 0 Å². The van der Waals surface area contributed by atoms with Crippen LogP contribution in [0.2, 0.25) is 0 Å². The predicted octanol–water partition coefficient (Wildman–Crippen LogP) is 4.38. The fourth-order valence-corrected chi connectivity index (χ4v) is 8.51. The molecule has 3 aromatic carbocycles. The van der Waals surface area contributed by atoms with Crippen LogP contribution in [-0.4, -0.2) is 99.9 Å². The van der Waals surface area contributed by atoms with Crippen molar-refractivity contribution in [2.75, 3.05) is 55.6 Å². The molecule has 5 rings (SSSR count). The highest BCUT2D eigenvalue weighted by Crippen LogP contribution is 2.40. The van der Waals surface area contributed by atoms with Crippen molar-refractivity contribution in [1.82, 2.24) is 14.8 Å². The summed E-state index contributed by atoms with van der Waals surface area (Å²) < 4.78 is 50.8. The lowest BCUT2D eigenvalue weighted by Crippen LogP contribution is -2.47. The second-order valence-corrected chi connectivity index (χ2v) is 16.2. The molecule has 0 saturated carbocycles. The highest BCUT2D eigenvalue weighted by molar-refractivity contribution is 7.91. The van der Waals surface area contributed by atoms with Crippen molar-refractivity contribution in [1.29, 1.82) is 0 Å². The third-order valence-electron chi connectivity index (χ3n) is 8.56. The molecule has 252 valence electrons. The van der Waals surface area contributed by atoms with Crippen LogP contribution >= 0.6 is 23.2 Å². The fraction of sp³-hybridized carbons (Fsp3) is 0.375. The van der Waals surface area contributed by atoms with Gasteiger partial charge in [-0.3, -0.25) is 13.8 Å². The number of piperazine rings is 1. The summed E-state index contributed by atoms with van der Waals surface area (Å²) in [6, 6.07) is 14.0. The number of nitrogens with one attached hydrogen (secondary N) is 1. The molecule has 15 heteroatoms. The summed E-state index contributed by atoms with van der Waals surface area (Å²) in [6.45, 7) is 4.59. The summed E-state index contributed by atoms with van der Waals surface area (Å²) in [6.07, 6.45) is 0.166. The van der Waals surface area contributed by atoms with Gasteiger partial charge in [0.15, 0.2) is 0 Å². The van der Waals surface area contributed by atoms with E-state index in [1.807, 2.05) is 24.1 Å². The molecule has 0 spiro atoms. The predicted molar refractivity (Wildman–Crippen MR) is 188 cm³/mol. The Morgan fingerprint density at radius 3 is 2.45 bits per heavy atom.